The Bertz CT molecular complexity index is 436. The van der Waals surface area contributed by atoms with Crippen LogP contribution in [0, 0.1) is 0 Å². The molecule has 0 radical (unpaired) electrons. The first-order valence-electron chi connectivity index (χ1n) is 8.38. The molecule has 0 aliphatic rings. The Balaban J connectivity index is 5.18. The van der Waals surface area contributed by atoms with Crippen molar-refractivity contribution >= 4 is 31.0 Å². The van der Waals surface area contributed by atoms with Crippen LogP contribution >= 0.6 is 0 Å². The molecule has 9 heteroatoms. The summed E-state index contributed by atoms with van der Waals surface area (Å²) in [5.41, 5.74) is 0. The number of nitrogens with zero attached hydrogens (tertiary/aromatic N) is 1. The van der Waals surface area contributed by atoms with E-state index >= 15 is 0 Å². The monoisotopic (exact) mass is 393 g/mol. The van der Waals surface area contributed by atoms with Crippen LogP contribution in [0.2, 0.25) is 58.9 Å². The van der Waals surface area contributed by atoms with Gasteiger partial charge in [-0.15, -0.1) is 0 Å². The molecule has 0 N–H and O–H groups in total. The molecule has 1 amide bonds. The van der Waals surface area contributed by atoms with Crippen LogP contribution in [0.1, 0.15) is 13.3 Å². The molecule has 0 fully saturated rings. The van der Waals surface area contributed by atoms with E-state index in [0.29, 0.717) is 6.54 Å². The van der Waals surface area contributed by atoms with E-state index in [4.69, 9.17) is 18.1 Å². The van der Waals surface area contributed by atoms with Crippen molar-refractivity contribution in [3.63, 3.8) is 0 Å². The molecular formula is C15H35NO5Si3. The van der Waals surface area contributed by atoms with Crippen molar-refractivity contribution in [3.8, 4) is 0 Å². The van der Waals surface area contributed by atoms with Gasteiger partial charge in [0.15, 0.2) is 0 Å². The Morgan fingerprint density at radius 2 is 1.46 bits per heavy atom. The second-order valence-corrected chi connectivity index (χ2v) is 21.9. The molecule has 0 saturated heterocycles. The van der Waals surface area contributed by atoms with Crippen molar-refractivity contribution in [1.29, 1.82) is 0 Å². The van der Waals surface area contributed by atoms with Gasteiger partial charge in [-0.3, -0.25) is 0 Å². The van der Waals surface area contributed by atoms with Crippen LogP contribution in [-0.2, 0) is 18.1 Å². The molecule has 142 valence electrons. The zero-order chi connectivity index (χ0) is 19.2. The molecule has 0 atom stereocenters. The summed E-state index contributed by atoms with van der Waals surface area (Å²) in [6.45, 7) is 20.7. The van der Waals surface area contributed by atoms with E-state index in [1.54, 1.807) is 0 Å². The Labute approximate surface area is 150 Å². The fourth-order valence-electron chi connectivity index (χ4n) is 1.44. The van der Waals surface area contributed by atoms with E-state index in [9.17, 15) is 4.79 Å². The van der Waals surface area contributed by atoms with E-state index < -0.39 is 31.0 Å². The van der Waals surface area contributed by atoms with Gasteiger partial charge in [0.05, 0.1) is 6.54 Å². The first-order valence-corrected chi connectivity index (χ1v) is 18.6. The number of hydrogen-bond acceptors (Lipinski definition) is 5. The van der Waals surface area contributed by atoms with Crippen LogP contribution in [0.3, 0.4) is 0 Å². The van der Waals surface area contributed by atoms with Crippen molar-refractivity contribution in [2.24, 2.45) is 0 Å². The molecule has 6 nitrogen and oxygen atoms in total. The number of rotatable bonds is 9. The summed E-state index contributed by atoms with van der Waals surface area (Å²) < 4.78 is 22.8. The lowest BCUT2D eigenvalue weighted by Crippen LogP contribution is -2.42. The second-order valence-electron chi connectivity index (χ2n) is 8.56. The van der Waals surface area contributed by atoms with Gasteiger partial charge in [-0.2, -0.15) is 5.06 Å². The van der Waals surface area contributed by atoms with Gasteiger partial charge >= 0.3 is 12.0 Å². The fraction of sp³-hybridized carbons (Fsp3) is 0.800. The highest BCUT2D eigenvalue weighted by Crippen LogP contribution is 2.17. The Hall–Kier alpha value is -0.779. The summed E-state index contributed by atoms with van der Waals surface area (Å²) in [6.07, 6.45) is 1.64. The minimum atomic E-state index is -1.94. The molecule has 24 heavy (non-hydrogen) atoms. The molecule has 0 spiro atoms. The molecule has 0 bridgehead atoms. The highest BCUT2D eigenvalue weighted by molar-refractivity contribution is 6.70. The Morgan fingerprint density at radius 3 is 1.83 bits per heavy atom. The fourth-order valence-corrected chi connectivity index (χ4v) is 3.41. The Morgan fingerprint density at radius 1 is 0.917 bits per heavy atom. The van der Waals surface area contributed by atoms with Crippen LogP contribution in [-0.4, -0.2) is 42.7 Å². The number of carbonyl (C=O) groups is 1. The number of ether oxygens (including phenoxy) is 1. The smallest absolute Gasteiger partial charge is 0.440 e. The molecule has 0 aromatic rings. The third-order valence-corrected chi connectivity index (χ3v) is 4.52. The van der Waals surface area contributed by atoms with Gasteiger partial charge < -0.3 is 18.1 Å². The predicted octanol–water partition coefficient (Wildman–Crippen LogP) is 5.10. The van der Waals surface area contributed by atoms with Gasteiger partial charge in [0, 0.05) is 0 Å². The average Bonchev–Trinajstić information content (AvgIpc) is 2.31. The van der Waals surface area contributed by atoms with E-state index in [1.807, 2.05) is 46.2 Å². The van der Waals surface area contributed by atoms with Crippen LogP contribution in [0.15, 0.2) is 12.2 Å². The van der Waals surface area contributed by atoms with Gasteiger partial charge in [-0.05, 0) is 65.3 Å². The number of hydrogen-bond donors (Lipinski definition) is 0. The summed E-state index contributed by atoms with van der Waals surface area (Å²) >= 11 is 0. The minimum absolute atomic E-state index is 0.113. The highest BCUT2D eigenvalue weighted by atomic mass is 28.4. The number of hydroxylamine groups is 2. The third kappa shape index (κ3) is 12.6. The normalized spacial score (nSPS) is 13.5. The molecule has 0 rings (SSSR count). The first-order chi connectivity index (χ1) is 10.6. The first kappa shape index (κ1) is 23.2. The van der Waals surface area contributed by atoms with Crippen molar-refractivity contribution in [1.82, 2.24) is 5.06 Å². The van der Waals surface area contributed by atoms with Crippen LogP contribution in [0.25, 0.3) is 0 Å². The van der Waals surface area contributed by atoms with Gasteiger partial charge in [0.2, 0.25) is 25.0 Å². The van der Waals surface area contributed by atoms with Crippen molar-refractivity contribution in [2.75, 3.05) is 6.54 Å². The summed E-state index contributed by atoms with van der Waals surface area (Å²) in [6, 6.07) is 0. The van der Waals surface area contributed by atoms with Crippen LogP contribution in [0.4, 0.5) is 4.79 Å². The second kappa shape index (κ2) is 9.07. The summed E-state index contributed by atoms with van der Waals surface area (Å²) in [7, 11) is -5.66. The van der Waals surface area contributed by atoms with E-state index in [2.05, 4.69) is 19.6 Å². The van der Waals surface area contributed by atoms with Crippen LogP contribution in [0.5, 0.6) is 0 Å². The zero-order valence-electron chi connectivity index (χ0n) is 17.0. The maximum absolute atomic E-state index is 12.5. The molecule has 0 aliphatic heterocycles. The van der Waals surface area contributed by atoms with Gasteiger partial charge in [-0.25, -0.2) is 4.79 Å². The Kier molecular flexibility index (Phi) is 8.77. The van der Waals surface area contributed by atoms with Crippen molar-refractivity contribution in [3.05, 3.63) is 12.2 Å². The molecule has 0 saturated carbocycles. The SMILES string of the molecule is CCCN(O[Si](C)(C)C)C(=O)O/C(=C\O[Si](C)(C)C)O[Si](C)(C)C. The lowest BCUT2D eigenvalue weighted by Gasteiger charge is -2.29. The minimum Gasteiger partial charge on any atom is -0.545 e. The molecule has 0 aliphatic carbocycles. The third-order valence-electron chi connectivity index (χ3n) is 2.12. The highest BCUT2D eigenvalue weighted by Gasteiger charge is 2.28. The summed E-state index contributed by atoms with van der Waals surface area (Å²) in [5.74, 6) is 0.113. The molecule has 0 aromatic carbocycles. The zero-order valence-corrected chi connectivity index (χ0v) is 20.0. The van der Waals surface area contributed by atoms with E-state index in [-0.39, 0.29) is 5.95 Å². The van der Waals surface area contributed by atoms with E-state index in [1.165, 1.54) is 11.3 Å². The summed E-state index contributed by atoms with van der Waals surface area (Å²) in [5, 5.41) is 1.29. The largest absolute Gasteiger partial charge is 0.545 e. The van der Waals surface area contributed by atoms with Gasteiger partial charge in [-0.1, -0.05) is 6.92 Å². The lowest BCUT2D eigenvalue weighted by molar-refractivity contribution is -0.0564. The molecule has 0 heterocycles. The topological polar surface area (TPSA) is 57.2 Å². The quantitative estimate of drug-likeness (QED) is 0.310. The molecular weight excluding hydrogens is 358 g/mol. The number of carbonyl (C=O) groups excluding carboxylic acids is 1. The summed E-state index contributed by atoms with van der Waals surface area (Å²) in [4.78, 5) is 12.5. The van der Waals surface area contributed by atoms with Gasteiger partial charge in [0.1, 0.15) is 6.26 Å². The van der Waals surface area contributed by atoms with E-state index in [0.717, 1.165) is 6.42 Å². The van der Waals surface area contributed by atoms with Crippen molar-refractivity contribution < 1.29 is 22.9 Å². The van der Waals surface area contributed by atoms with Gasteiger partial charge in [0.25, 0.3) is 0 Å². The standard InChI is InChI=1S/C15H35NO5Si3/c1-11-12-16(21-24(8,9)10)15(17)19-14(20-23(5,6)7)13-18-22(2,3)4/h13H,11-12H2,1-10H3/b14-13+. The van der Waals surface area contributed by atoms with Crippen molar-refractivity contribution in [2.45, 2.75) is 72.3 Å². The van der Waals surface area contributed by atoms with Crippen LogP contribution < -0.4 is 0 Å². The average molecular weight is 394 g/mol. The maximum Gasteiger partial charge on any atom is 0.440 e. The predicted molar refractivity (Wildman–Crippen MR) is 105 cm³/mol. The maximum atomic E-state index is 12.5. The molecule has 0 aromatic heterocycles. The number of amides is 1. The molecule has 0 unspecified atom stereocenters. The lowest BCUT2D eigenvalue weighted by atomic mass is 10.5.